The Hall–Kier alpha value is -17.7. The molecule has 18 aromatic carbocycles. The van der Waals surface area contributed by atoms with Crippen molar-refractivity contribution < 1.29 is 0 Å². The fourth-order valence-corrected chi connectivity index (χ4v) is 19.9. The first kappa shape index (κ1) is 74.8. The summed E-state index contributed by atoms with van der Waals surface area (Å²) in [5, 5.41) is 14.4. The molecular formula is C118H76N12. The van der Waals surface area contributed by atoms with Gasteiger partial charge < -0.3 is 27.4 Å². The lowest BCUT2D eigenvalue weighted by Gasteiger charge is -2.13. The maximum absolute atomic E-state index is 5.32. The molecule has 0 atom stereocenters. The van der Waals surface area contributed by atoms with Crippen LogP contribution in [0.1, 0.15) is 11.1 Å². The van der Waals surface area contributed by atoms with Gasteiger partial charge in [-0.05, 0) is 163 Å². The Balaban J connectivity index is 0.000000140. The van der Waals surface area contributed by atoms with Gasteiger partial charge >= 0.3 is 0 Å². The Kier molecular flexibility index (Phi) is 17.6. The van der Waals surface area contributed by atoms with E-state index in [0.29, 0.717) is 34.9 Å². The van der Waals surface area contributed by atoms with E-state index in [1.807, 2.05) is 12.2 Å². The lowest BCUT2D eigenvalue weighted by molar-refractivity contribution is 1.07. The summed E-state index contributed by atoms with van der Waals surface area (Å²) < 4.78 is 14.0. The van der Waals surface area contributed by atoms with Crippen LogP contribution in [0, 0.1) is 0 Å². The van der Waals surface area contributed by atoms with Gasteiger partial charge in [0.15, 0.2) is 34.9 Å². The van der Waals surface area contributed by atoms with E-state index in [2.05, 4.69) is 465 Å². The van der Waals surface area contributed by atoms with Crippen molar-refractivity contribution in [1.29, 1.82) is 0 Å². The Morgan fingerprint density at radius 2 is 0.362 bits per heavy atom. The molecule has 0 fully saturated rings. The monoisotopic (exact) mass is 1660 g/mol. The van der Waals surface area contributed by atoms with E-state index in [9.17, 15) is 0 Å². The summed E-state index contributed by atoms with van der Waals surface area (Å²) in [6.07, 6.45) is 3.84. The molecule has 0 aliphatic heterocycles. The third-order valence-electron chi connectivity index (χ3n) is 25.6. The van der Waals surface area contributed by atoms with Crippen LogP contribution in [-0.2, 0) is 0 Å². The van der Waals surface area contributed by atoms with Gasteiger partial charge in [0.2, 0.25) is 0 Å². The molecule has 12 heteroatoms. The van der Waals surface area contributed by atoms with E-state index < -0.39 is 0 Å². The van der Waals surface area contributed by atoms with Crippen molar-refractivity contribution in [3.05, 3.63) is 449 Å². The summed E-state index contributed by atoms with van der Waals surface area (Å²) in [7, 11) is 0. The summed E-state index contributed by atoms with van der Waals surface area (Å²) in [5.41, 5.74) is 27.3. The van der Waals surface area contributed by atoms with Crippen molar-refractivity contribution in [2.45, 2.75) is 0 Å². The number of fused-ring (bicyclic) bond motifs is 18. The molecule has 608 valence electrons. The van der Waals surface area contributed by atoms with E-state index in [4.69, 9.17) is 29.9 Å². The number of hydrogen-bond acceptors (Lipinski definition) is 6. The Bertz CT molecular complexity index is 8590. The van der Waals surface area contributed by atoms with Crippen molar-refractivity contribution in [3.63, 3.8) is 0 Å². The average molecular weight is 1660 g/mol. The highest BCUT2D eigenvalue weighted by Gasteiger charge is 2.24. The molecule has 0 N–H and O–H groups in total. The minimum atomic E-state index is 0.587. The first-order chi connectivity index (χ1) is 64.4. The smallest absolute Gasteiger partial charge is 0.164 e. The second kappa shape index (κ2) is 30.6. The van der Waals surface area contributed by atoms with Crippen molar-refractivity contribution in [2.75, 3.05) is 0 Å². The van der Waals surface area contributed by atoms with Crippen molar-refractivity contribution in [1.82, 2.24) is 57.3 Å². The lowest BCUT2D eigenvalue weighted by atomic mass is 10.1. The molecule has 26 rings (SSSR count). The van der Waals surface area contributed by atoms with E-state index >= 15 is 0 Å². The molecule has 130 heavy (non-hydrogen) atoms. The first-order valence-corrected chi connectivity index (χ1v) is 43.8. The number of nitrogens with zero attached hydrogens (tertiary/aromatic N) is 12. The van der Waals surface area contributed by atoms with Crippen LogP contribution in [0.15, 0.2) is 438 Å². The molecule has 12 nitrogen and oxygen atoms in total. The van der Waals surface area contributed by atoms with E-state index in [1.165, 1.54) is 64.6 Å². The van der Waals surface area contributed by atoms with Crippen molar-refractivity contribution in [3.8, 4) is 102 Å². The third-order valence-corrected chi connectivity index (χ3v) is 25.6. The number of aromatic nitrogens is 12. The van der Waals surface area contributed by atoms with Crippen LogP contribution in [0.3, 0.4) is 0 Å². The van der Waals surface area contributed by atoms with Gasteiger partial charge in [0.05, 0.1) is 66.2 Å². The van der Waals surface area contributed by atoms with Gasteiger partial charge in [-0.1, -0.05) is 298 Å². The molecular weight excluding hydrogens is 1590 g/mol. The van der Waals surface area contributed by atoms with Crippen molar-refractivity contribution >= 4 is 143 Å². The Morgan fingerprint density at radius 3 is 0.608 bits per heavy atom. The zero-order chi connectivity index (χ0) is 86.0. The summed E-state index contributed by atoms with van der Waals surface area (Å²) in [4.78, 5) is 31.9. The molecule has 0 unspecified atom stereocenters. The molecule has 8 aromatic heterocycles. The SMILES string of the molecule is C=Cc1ccc2c(c1)c1ccccc1n2-c1cccc(-c2nc(-c3cccc(-n4c5ccccc5c5ccccc54)c3)nc(-c3cccc(-n4c5ccccc5c5ccccc54)c3)n2)c1.C=Cc1cccc2c1c1ccccc1n2-c1cccc(-c2nc(-c3cccc(-n4c5ccccc5c5ccccc54)c3)nc(-c3cccc(-n4c5ccccc5c5ccccc54)c3)n2)c1. The van der Waals surface area contributed by atoms with Crippen LogP contribution in [-0.4, -0.2) is 57.3 Å². The molecule has 0 saturated heterocycles. The van der Waals surface area contributed by atoms with Gasteiger partial charge in [0, 0.05) is 132 Å². The highest BCUT2D eigenvalue weighted by Crippen LogP contribution is 2.43. The molecule has 0 aliphatic carbocycles. The highest BCUT2D eigenvalue weighted by molar-refractivity contribution is 6.16. The summed E-state index contributed by atoms with van der Waals surface area (Å²) in [6, 6.07) is 150. The van der Waals surface area contributed by atoms with Gasteiger partial charge in [-0.15, -0.1) is 0 Å². The summed E-state index contributed by atoms with van der Waals surface area (Å²) >= 11 is 0. The maximum atomic E-state index is 5.32. The minimum absolute atomic E-state index is 0.587. The highest BCUT2D eigenvalue weighted by atomic mass is 15.1. The second-order valence-corrected chi connectivity index (χ2v) is 33.0. The maximum Gasteiger partial charge on any atom is 0.164 e. The molecule has 0 amide bonds. The van der Waals surface area contributed by atoms with E-state index in [1.54, 1.807) is 0 Å². The zero-order valence-electron chi connectivity index (χ0n) is 70.3. The second-order valence-electron chi connectivity index (χ2n) is 33.0. The quantitative estimate of drug-likeness (QED) is 0.107. The predicted octanol–water partition coefficient (Wildman–Crippen LogP) is 29.6. The summed E-state index contributed by atoms with van der Waals surface area (Å²) in [5.74, 6) is 3.54. The number of benzene rings is 18. The topological polar surface area (TPSA) is 107 Å². The Morgan fingerprint density at radius 1 is 0.162 bits per heavy atom. The van der Waals surface area contributed by atoms with Crippen LogP contribution >= 0.6 is 0 Å². The van der Waals surface area contributed by atoms with Gasteiger partial charge in [-0.2, -0.15) is 0 Å². The molecule has 0 aliphatic rings. The van der Waals surface area contributed by atoms with Crippen molar-refractivity contribution in [2.24, 2.45) is 0 Å². The first-order valence-electron chi connectivity index (χ1n) is 43.8. The van der Waals surface area contributed by atoms with Gasteiger partial charge in [0.1, 0.15) is 0 Å². The zero-order valence-corrected chi connectivity index (χ0v) is 70.3. The van der Waals surface area contributed by atoms with E-state index in [0.717, 1.165) is 145 Å². The van der Waals surface area contributed by atoms with E-state index in [-0.39, 0.29) is 0 Å². The molecule has 0 radical (unpaired) electrons. The molecule has 0 bridgehead atoms. The van der Waals surface area contributed by atoms with Crippen LogP contribution in [0.4, 0.5) is 0 Å². The molecule has 0 saturated carbocycles. The molecule has 0 spiro atoms. The van der Waals surface area contributed by atoms with Crippen LogP contribution in [0.2, 0.25) is 0 Å². The third kappa shape index (κ3) is 12.3. The fraction of sp³-hybridized carbons (Fsp3) is 0. The Labute approximate surface area is 746 Å². The average Bonchev–Trinajstić information content (AvgIpc) is 1.51. The molecule has 8 heterocycles. The summed E-state index contributed by atoms with van der Waals surface area (Å²) in [6.45, 7) is 8.19. The number of rotatable bonds is 14. The normalized spacial score (nSPS) is 11.8. The number of para-hydroxylation sites is 10. The van der Waals surface area contributed by atoms with Gasteiger partial charge in [-0.25, -0.2) is 29.9 Å². The molecule has 26 aromatic rings. The standard InChI is InChI=1S/2C59H38N6/c1-2-38-17-16-34-55-56(38)49-28-7-12-33-54(49)65(55)44-23-15-20-41(37-44)59-61-57(39-18-13-21-42(35-39)63-50-29-8-3-24-45(50)46-25-4-9-30-51(46)63)60-58(62-59)40-19-14-22-43(36-40)64-52-31-10-5-26-47(52)48-27-6-11-32-53(48)64;1-2-38-32-33-56-50(34-38)49-26-7-12-31-55(49)65(56)44-21-15-18-41(37-44)59-61-57(39-16-13-19-42(35-39)63-51-27-8-3-22-45(51)46-23-4-9-28-52(46)63)60-58(62-59)40-17-14-20-43(36-40)64-53-29-10-5-24-47(53)48-25-6-11-30-54(48)64/h2*2-37H,1H2. The lowest BCUT2D eigenvalue weighted by Crippen LogP contribution is -2.02. The van der Waals surface area contributed by atoms with Crippen LogP contribution < -0.4 is 0 Å². The predicted molar refractivity (Wildman–Crippen MR) is 538 cm³/mol. The largest absolute Gasteiger partial charge is 0.309 e. The number of hydrogen-bond donors (Lipinski definition) is 0. The van der Waals surface area contributed by atoms with Crippen LogP contribution in [0.25, 0.3) is 245 Å². The van der Waals surface area contributed by atoms with Gasteiger partial charge in [0.25, 0.3) is 0 Å². The van der Waals surface area contributed by atoms with Gasteiger partial charge in [-0.3, -0.25) is 0 Å². The van der Waals surface area contributed by atoms with Crippen LogP contribution in [0.5, 0.6) is 0 Å². The minimum Gasteiger partial charge on any atom is -0.309 e. The fourth-order valence-electron chi connectivity index (χ4n) is 19.9.